The van der Waals surface area contributed by atoms with Gasteiger partial charge in [0.15, 0.2) is 15.5 Å². The van der Waals surface area contributed by atoms with Crippen LogP contribution in [0.3, 0.4) is 0 Å². The van der Waals surface area contributed by atoms with E-state index >= 15 is 0 Å². The first kappa shape index (κ1) is 18.9. The summed E-state index contributed by atoms with van der Waals surface area (Å²) in [6.07, 6.45) is 1.60. The van der Waals surface area contributed by atoms with Crippen molar-refractivity contribution < 1.29 is 13.2 Å². The first-order valence-corrected chi connectivity index (χ1v) is 11.2. The van der Waals surface area contributed by atoms with Gasteiger partial charge in [0.1, 0.15) is 5.75 Å². The molecule has 3 heterocycles. The molecule has 0 aliphatic carbocycles. The number of ether oxygens (including phenoxy) is 1. The topological polar surface area (TPSA) is 117 Å². The Morgan fingerprint density at radius 2 is 2.00 bits per heavy atom. The minimum Gasteiger partial charge on any atom is -0.491 e. The van der Waals surface area contributed by atoms with Crippen LogP contribution in [0.25, 0.3) is 22.1 Å². The zero-order valence-corrected chi connectivity index (χ0v) is 16.5. The van der Waals surface area contributed by atoms with Crippen LogP contribution in [0.1, 0.15) is 26.2 Å². The van der Waals surface area contributed by atoms with E-state index in [1.54, 1.807) is 0 Å². The first-order chi connectivity index (χ1) is 13.4. The van der Waals surface area contributed by atoms with E-state index in [2.05, 4.69) is 20.3 Å². The number of sulfone groups is 1. The lowest BCUT2D eigenvalue weighted by Crippen LogP contribution is -2.37. The highest BCUT2D eigenvalue weighted by molar-refractivity contribution is 7.92. The van der Waals surface area contributed by atoms with Gasteiger partial charge in [0, 0.05) is 5.39 Å². The van der Waals surface area contributed by atoms with Crippen molar-refractivity contribution in [2.24, 2.45) is 0 Å². The van der Waals surface area contributed by atoms with Crippen molar-refractivity contribution in [3.05, 3.63) is 34.7 Å². The third kappa shape index (κ3) is 4.05. The molecule has 0 bridgehead atoms. The Hall–Kier alpha value is -2.39. The molecule has 0 radical (unpaired) electrons. The van der Waals surface area contributed by atoms with Gasteiger partial charge in [0.25, 0.3) is 0 Å². The first-order valence-electron chi connectivity index (χ1n) is 9.52. The number of aromatic amines is 2. The average Bonchev–Trinajstić information content (AvgIpc) is 3.04. The minimum absolute atomic E-state index is 0.138. The van der Waals surface area contributed by atoms with Gasteiger partial charge in [-0.25, -0.2) is 18.2 Å². The number of fused-ring (bicyclic) bond motifs is 2. The Labute approximate surface area is 162 Å². The number of H-pyrrole nitrogens is 2. The van der Waals surface area contributed by atoms with Gasteiger partial charge in [0.2, 0.25) is 0 Å². The summed E-state index contributed by atoms with van der Waals surface area (Å²) in [7, 11) is -3.09. The third-order valence-electron chi connectivity index (χ3n) is 5.21. The number of pyridine rings is 1. The summed E-state index contributed by atoms with van der Waals surface area (Å²) in [5, 5.41) is 3.80. The Kier molecular flexibility index (Phi) is 5.11. The maximum Gasteiger partial charge on any atom is 0.325 e. The normalized spacial score (nSPS) is 17.2. The number of rotatable bonds is 6. The van der Waals surface area contributed by atoms with Crippen LogP contribution in [0.15, 0.2) is 29.1 Å². The van der Waals surface area contributed by atoms with Gasteiger partial charge in [0.05, 0.1) is 28.1 Å². The molecule has 0 amide bonds. The van der Waals surface area contributed by atoms with E-state index in [1.165, 1.54) is 0 Å². The van der Waals surface area contributed by atoms with Gasteiger partial charge < -0.3 is 15.0 Å². The molecule has 1 aliphatic heterocycles. The summed E-state index contributed by atoms with van der Waals surface area (Å²) in [5.74, 6) is 0.789. The van der Waals surface area contributed by atoms with Crippen LogP contribution in [0, 0.1) is 0 Å². The average molecular weight is 404 g/mol. The lowest BCUT2D eigenvalue weighted by atomic mass is 10.2. The molecule has 3 aromatic rings. The van der Waals surface area contributed by atoms with Crippen molar-refractivity contribution in [2.45, 2.75) is 37.5 Å². The molecule has 4 rings (SSSR count). The fraction of sp³-hybridized carbons (Fsp3) is 0.474. The van der Waals surface area contributed by atoms with Crippen LogP contribution >= 0.6 is 0 Å². The minimum atomic E-state index is -3.09. The monoisotopic (exact) mass is 404 g/mol. The zero-order chi connectivity index (χ0) is 19.7. The number of imidazole rings is 1. The maximum atomic E-state index is 12.5. The predicted octanol–water partition coefficient (Wildman–Crippen LogP) is 1.73. The van der Waals surface area contributed by atoms with Crippen molar-refractivity contribution in [1.82, 2.24) is 20.3 Å². The van der Waals surface area contributed by atoms with Crippen LogP contribution in [0.5, 0.6) is 5.75 Å². The van der Waals surface area contributed by atoms with Crippen molar-refractivity contribution in [3.8, 4) is 5.75 Å². The van der Waals surface area contributed by atoms with E-state index in [-0.39, 0.29) is 22.8 Å². The second kappa shape index (κ2) is 7.56. The Morgan fingerprint density at radius 1 is 1.21 bits per heavy atom. The van der Waals surface area contributed by atoms with Gasteiger partial charge in [-0.2, -0.15) is 0 Å². The molecule has 1 fully saturated rings. The molecule has 1 aliphatic rings. The predicted molar refractivity (Wildman–Crippen MR) is 109 cm³/mol. The second-order valence-electron chi connectivity index (χ2n) is 7.35. The highest BCUT2D eigenvalue weighted by Crippen LogP contribution is 2.23. The van der Waals surface area contributed by atoms with E-state index in [1.807, 2.05) is 31.2 Å². The van der Waals surface area contributed by atoms with Crippen molar-refractivity contribution >= 4 is 31.9 Å². The van der Waals surface area contributed by atoms with Gasteiger partial charge >= 0.3 is 5.69 Å². The number of nitrogens with one attached hydrogen (secondary N) is 3. The quantitative estimate of drug-likeness (QED) is 0.576. The molecule has 1 atom stereocenters. The summed E-state index contributed by atoms with van der Waals surface area (Å²) >= 11 is 0. The van der Waals surface area contributed by atoms with E-state index in [4.69, 9.17) is 4.74 Å². The van der Waals surface area contributed by atoms with Gasteiger partial charge in [-0.1, -0.05) is 0 Å². The molecule has 1 saturated heterocycles. The summed E-state index contributed by atoms with van der Waals surface area (Å²) in [5.41, 5.74) is 1.60. The molecule has 0 spiro atoms. The number of piperidine rings is 1. The SMILES string of the molecule is CC(CCS(=O)(=O)C1CCNCC1)Oc1ccc2nc3[nH]c(=O)[nH]c3cc2c1. The molecule has 28 heavy (non-hydrogen) atoms. The Balaban J connectivity index is 1.43. The van der Waals surface area contributed by atoms with Crippen molar-refractivity contribution in [1.29, 1.82) is 0 Å². The van der Waals surface area contributed by atoms with Crippen molar-refractivity contribution in [3.63, 3.8) is 0 Å². The summed E-state index contributed by atoms with van der Waals surface area (Å²) in [6.45, 7) is 3.41. The molecule has 2 aromatic heterocycles. The molecular formula is C19H24N4O4S. The third-order valence-corrected chi connectivity index (χ3v) is 7.50. The lowest BCUT2D eigenvalue weighted by molar-refractivity contribution is 0.218. The van der Waals surface area contributed by atoms with Crippen LogP contribution in [-0.2, 0) is 9.84 Å². The molecule has 8 nitrogen and oxygen atoms in total. The van der Waals surface area contributed by atoms with Crippen molar-refractivity contribution in [2.75, 3.05) is 18.8 Å². The number of hydrogen-bond donors (Lipinski definition) is 3. The molecule has 1 unspecified atom stereocenters. The lowest BCUT2D eigenvalue weighted by Gasteiger charge is -2.23. The van der Waals surface area contributed by atoms with E-state index in [9.17, 15) is 13.2 Å². The molecule has 9 heteroatoms. The molecule has 1 aromatic carbocycles. The molecule has 3 N–H and O–H groups in total. The van der Waals surface area contributed by atoms with Gasteiger partial charge in [-0.05, 0) is 63.5 Å². The fourth-order valence-electron chi connectivity index (χ4n) is 3.62. The zero-order valence-electron chi connectivity index (χ0n) is 15.7. The standard InChI is InChI=1S/C19H24N4O4S/c1-12(6-9-28(25,26)15-4-7-20-8-5-15)27-14-2-3-16-13(10-14)11-17-18(21-16)23-19(24)22-17/h2-3,10-12,15,20H,4-9H2,1H3,(H2,21,22,23,24). The number of benzene rings is 1. The molecular weight excluding hydrogens is 380 g/mol. The Bertz CT molecular complexity index is 1150. The second-order valence-corrected chi connectivity index (χ2v) is 9.75. The molecule has 150 valence electrons. The number of hydrogen-bond acceptors (Lipinski definition) is 6. The van der Waals surface area contributed by atoms with Gasteiger partial charge in [-0.3, -0.25) is 4.98 Å². The maximum absolute atomic E-state index is 12.5. The highest BCUT2D eigenvalue weighted by atomic mass is 32.2. The number of aromatic nitrogens is 3. The van der Waals surface area contributed by atoms with E-state index in [0.717, 1.165) is 24.0 Å². The largest absolute Gasteiger partial charge is 0.491 e. The summed E-state index contributed by atoms with van der Waals surface area (Å²) in [6, 6.07) is 7.33. The summed E-state index contributed by atoms with van der Waals surface area (Å²) < 4.78 is 31.0. The van der Waals surface area contributed by atoms with E-state index < -0.39 is 9.84 Å². The highest BCUT2D eigenvalue weighted by Gasteiger charge is 2.27. The smallest absolute Gasteiger partial charge is 0.325 e. The Morgan fingerprint density at radius 3 is 2.79 bits per heavy atom. The molecule has 0 saturated carbocycles. The number of nitrogens with zero attached hydrogens (tertiary/aromatic N) is 1. The van der Waals surface area contributed by atoms with E-state index in [0.29, 0.717) is 36.2 Å². The van der Waals surface area contributed by atoms with Crippen LogP contribution in [-0.4, -0.2) is 53.6 Å². The van der Waals surface area contributed by atoms with Gasteiger partial charge in [-0.15, -0.1) is 0 Å². The van der Waals surface area contributed by atoms with Crippen LogP contribution in [0.4, 0.5) is 0 Å². The fourth-order valence-corrected chi connectivity index (χ4v) is 5.57. The van der Waals surface area contributed by atoms with Crippen LogP contribution in [0.2, 0.25) is 0 Å². The van der Waals surface area contributed by atoms with Crippen LogP contribution < -0.4 is 15.7 Å². The summed E-state index contributed by atoms with van der Waals surface area (Å²) in [4.78, 5) is 21.2.